The molecule has 2 aliphatic heterocycles. The Hall–Kier alpha value is -3.74. The molecule has 0 amide bonds. The van der Waals surface area contributed by atoms with Crippen LogP contribution >= 0.6 is 11.3 Å². The number of anilines is 2. The number of fused-ring (bicyclic) bond motifs is 2. The second-order valence-corrected chi connectivity index (χ2v) is 10.9. The summed E-state index contributed by atoms with van der Waals surface area (Å²) in [6, 6.07) is 13.5. The average molecular weight is 568 g/mol. The first kappa shape index (κ1) is 26.5. The molecule has 208 valence electrons. The van der Waals surface area contributed by atoms with E-state index in [1.54, 1.807) is 30.3 Å². The molecule has 0 aliphatic carbocycles. The van der Waals surface area contributed by atoms with Crippen molar-refractivity contribution >= 4 is 44.0 Å². The van der Waals surface area contributed by atoms with Gasteiger partial charge in [-0.05, 0) is 54.1 Å². The van der Waals surface area contributed by atoms with Crippen molar-refractivity contribution in [3.8, 4) is 11.6 Å². The molecule has 8 nitrogen and oxygen atoms in total. The third-order valence-corrected chi connectivity index (χ3v) is 7.94. The van der Waals surface area contributed by atoms with Crippen LogP contribution in [0.2, 0.25) is 0 Å². The van der Waals surface area contributed by atoms with E-state index in [1.165, 1.54) is 17.4 Å². The summed E-state index contributed by atoms with van der Waals surface area (Å²) in [6.07, 6.45) is -4.01. The van der Waals surface area contributed by atoms with E-state index in [-0.39, 0.29) is 12.1 Å². The first-order valence-corrected chi connectivity index (χ1v) is 13.9. The number of aliphatic imine (C=N–C) groups is 1. The van der Waals surface area contributed by atoms with Gasteiger partial charge in [-0.15, -0.1) is 0 Å². The third kappa shape index (κ3) is 5.74. The number of nitrogens with two attached hydrogens (primary N) is 1. The predicted molar refractivity (Wildman–Crippen MR) is 152 cm³/mol. The maximum atomic E-state index is 14.0. The topological polar surface area (TPSA) is 91.9 Å². The van der Waals surface area contributed by atoms with Gasteiger partial charge in [-0.25, -0.2) is 15.0 Å². The fourth-order valence-electron chi connectivity index (χ4n) is 5.04. The van der Waals surface area contributed by atoms with E-state index in [2.05, 4.69) is 37.0 Å². The quantitative estimate of drug-likeness (QED) is 0.299. The summed E-state index contributed by atoms with van der Waals surface area (Å²) in [7, 11) is 0. The largest absolute Gasteiger partial charge is 0.439 e. The molecule has 1 fully saturated rings. The highest BCUT2D eigenvalue weighted by Crippen LogP contribution is 2.36. The van der Waals surface area contributed by atoms with Gasteiger partial charge in [-0.1, -0.05) is 24.3 Å². The van der Waals surface area contributed by atoms with Crippen LogP contribution in [0.3, 0.4) is 0 Å². The van der Waals surface area contributed by atoms with Crippen LogP contribution in [0, 0.1) is 0 Å². The Labute approximate surface area is 233 Å². The molecule has 4 heterocycles. The number of nitrogen functional groups attached to an aromatic ring is 1. The lowest BCUT2D eigenvalue weighted by Crippen LogP contribution is -2.45. The number of halogens is 3. The van der Waals surface area contributed by atoms with Crippen molar-refractivity contribution in [1.29, 1.82) is 0 Å². The van der Waals surface area contributed by atoms with Crippen LogP contribution in [0.15, 0.2) is 53.5 Å². The minimum atomic E-state index is -4.45. The first-order valence-electron chi connectivity index (χ1n) is 13.1. The molecule has 1 saturated heterocycles. The fourth-order valence-corrected chi connectivity index (χ4v) is 5.73. The van der Waals surface area contributed by atoms with Crippen molar-refractivity contribution in [1.82, 2.24) is 19.8 Å². The van der Waals surface area contributed by atoms with Crippen LogP contribution in [-0.2, 0) is 19.1 Å². The molecule has 6 rings (SSSR count). The standard InChI is InChI=1S/C28H28F3N7OS/c1-2-37-9-11-38(12-10-37)16-17-3-4-19(15-21(17)28(29,30)31)33-24-14-18-13-20(5-6-22(18)34-24)39-25-8-7-23-26(36-25)40-27(32)35-23/h3-8,13,15H,2,9-12,14,16H2,1H3,(H2,32,35)(H,33,34). The number of benzene rings is 2. The zero-order chi connectivity index (χ0) is 27.9. The highest BCUT2D eigenvalue weighted by molar-refractivity contribution is 7.21. The van der Waals surface area contributed by atoms with Gasteiger partial charge in [0.1, 0.15) is 21.9 Å². The van der Waals surface area contributed by atoms with Crippen molar-refractivity contribution in [2.24, 2.45) is 4.99 Å². The normalized spacial score (nSPS) is 16.2. The van der Waals surface area contributed by atoms with E-state index >= 15 is 0 Å². The van der Waals surface area contributed by atoms with Gasteiger partial charge in [0, 0.05) is 50.9 Å². The number of aromatic nitrogens is 2. The van der Waals surface area contributed by atoms with Gasteiger partial charge < -0.3 is 20.7 Å². The monoisotopic (exact) mass is 567 g/mol. The average Bonchev–Trinajstić information content (AvgIpc) is 3.50. The SMILES string of the molecule is CCN1CCN(Cc2ccc(NC3=Nc4ccc(Oc5ccc6nc(N)sc6n5)cc4C3)cc2C(F)(F)F)CC1. The predicted octanol–water partition coefficient (Wildman–Crippen LogP) is 5.92. The number of hydrogen-bond donors (Lipinski definition) is 2. The fraction of sp³-hybridized carbons (Fsp3) is 0.321. The summed E-state index contributed by atoms with van der Waals surface area (Å²) >= 11 is 1.29. The van der Waals surface area contributed by atoms with Crippen LogP contribution < -0.4 is 15.8 Å². The van der Waals surface area contributed by atoms with Gasteiger partial charge in [0.2, 0.25) is 5.88 Å². The van der Waals surface area contributed by atoms with Crippen LogP contribution in [0.1, 0.15) is 23.6 Å². The number of thiazole rings is 1. The Kier molecular flexibility index (Phi) is 7.07. The number of likely N-dealkylation sites (N-methyl/N-ethyl adjacent to an activating group) is 1. The summed E-state index contributed by atoms with van der Waals surface area (Å²) in [5.74, 6) is 1.58. The number of nitrogens with one attached hydrogen (secondary N) is 1. The molecule has 2 aromatic carbocycles. The highest BCUT2D eigenvalue weighted by Gasteiger charge is 2.34. The molecule has 0 radical (unpaired) electrons. The summed E-state index contributed by atoms with van der Waals surface area (Å²) < 4.78 is 48.0. The molecule has 0 bridgehead atoms. The van der Waals surface area contributed by atoms with Crippen molar-refractivity contribution in [3.63, 3.8) is 0 Å². The number of hydrogen-bond acceptors (Lipinski definition) is 9. The van der Waals surface area contributed by atoms with Crippen LogP contribution in [0.25, 0.3) is 10.3 Å². The lowest BCUT2D eigenvalue weighted by molar-refractivity contribution is -0.138. The zero-order valence-electron chi connectivity index (χ0n) is 21.8. The Bertz CT molecular complexity index is 1580. The molecule has 40 heavy (non-hydrogen) atoms. The smallest absolute Gasteiger partial charge is 0.416 e. The maximum absolute atomic E-state index is 14.0. The molecule has 2 aromatic heterocycles. The zero-order valence-corrected chi connectivity index (χ0v) is 22.6. The molecule has 4 aromatic rings. The van der Waals surface area contributed by atoms with Crippen molar-refractivity contribution in [2.75, 3.05) is 43.8 Å². The molecular formula is C28H28F3N7OS. The minimum absolute atomic E-state index is 0.278. The molecule has 12 heteroatoms. The summed E-state index contributed by atoms with van der Waals surface area (Å²) in [4.78, 5) is 18.3. The van der Waals surface area contributed by atoms with Crippen molar-refractivity contribution in [3.05, 3.63) is 65.2 Å². The van der Waals surface area contributed by atoms with Gasteiger partial charge >= 0.3 is 6.18 Å². The number of nitrogens with zero attached hydrogens (tertiary/aromatic N) is 5. The number of rotatable bonds is 6. The van der Waals surface area contributed by atoms with Gasteiger partial charge in [-0.3, -0.25) is 4.90 Å². The Morgan fingerprint density at radius 2 is 1.80 bits per heavy atom. The number of amidine groups is 1. The molecule has 0 spiro atoms. The molecule has 0 unspecified atom stereocenters. The molecular weight excluding hydrogens is 539 g/mol. The van der Waals surface area contributed by atoms with E-state index in [0.717, 1.165) is 44.0 Å². The Morgan fingerprint density at radius 3 is 2.58 bits per heavy atom. The van der Waals surface area contributed by atoms with Crippen molar-refractivity contribution < 1.29 is 17.9 Å². The first-order chi connectivity index (χ1) is 19.2. The van der Waals surface area contributed by atoms with E-state index < -0.39 is 11.7 Å². The van der Waals surface area contributed by atoms with Crippen LogP contribution in [-0.4, -0.2) is 58.3 Å². The highest BCUT2D eigenvalue weighted by atomic mass is 32.1. The van der Waals surface area contributed by atoms with E-state index in [1.807, 2.05) is 12.1 Å². The lowest BCUT2D eigenvalue weighted by atomic mass is 10.0. The minimum Gasteiger partial charge on any atom is -0.439 e. The summed E-state index contributed by atoms with van der Waals surface area (Å²) in [6.45, 7) is 6.60. The molecule has 3 N–H and O–H groups in total. The van der Waals surface area contributed by atoms with E-state index in [9.17, 15) is 13.2 Å². The number of ether oxygens (including phenoxy) is 1. The summed E-state index contributed by atoms with van der Waals surface area (Å²) in [5.41, 5.74) is 8.14. The third-order valence-electron chi connectivity index (χ3n) is 7.14. The Morgan fingerprint density at radius 1 is 1.00 bits per heavy atom. The maximum Gasteiger partial charge on any atom is 0.416 e. The van der Waals surface area contributed by atoms with Gasteiger partial charge in [0.15, 0.2) is 5.13 Å². The van der Waals surface area contributed by atoms with Crippen molar-refractivity contribution in [2.45, 2.75) is 26.1 Å². The lowest BCUT2D eigenvalue weighted by Gasteiger charge is -2.34. The van der Waals surface area contributed by atoms with Crippen LogP contribution in [0.5, 0.6) is 11.6 Å². The molecule has 2 aliphatic rings. The van der Waals surface area contributed by atoms with Crippen LogP contribution in [0.4, 0.5) is 29.7 Å². The second kappa shape index (κ2) is 10.7. The molecule has 0 atom stereocenters. The second-order valence-electron chi connectivity index (χ2n) is 9.86. The van der Waals surface area contributed by atoms with E-state index in [4.69, 9.17) is 10.5 Å². The number of alkyl halides is 3. The number of piperazine rings is 1. The summed E-state index contributed by atoms with van der Waals surface area (Å²) in [5, 5.41) is 3.54. The number of pyridine rings is 1. The van der Waals surface area contributed by atoms with E-state index in [0.29, 0.717) is 45.1 Å². The van der Waals surface area contributed by atoms with Gasteiger partial charge in [0.25, 0.3) is 0 Å². The molecule has 0 saturated carbocycles. The van der Waals surface area contributed by atoms with Gasteiger partial charge in [-0.2, -0.15) is 13.2 Å². The Balaban J connectivity index is 1.13. The van der Waals surface area contributed by atoms with Gasteiger partial charge in [0.05, 0.1) is 11.3 Å².